The first kappa shape index (κ1) is 21.7. The minimum absolute atomic E-state index is 0.0271. The molecule has 1 aromatic carbocycles. The van der Waals surface area contributed by atoms with Gasteiger partial charge in [-0.05, 0) is 49.3 Å². The highest BCUT2D eigenvalue weighted by molar-refractivity contribution is 5.90. The van der Waals surface area contributed by atoms with Gasteiger partial charge >= 0.3 is 5.97 Å². The predicted octanol–water partition coefficient (Wildman–Crippen LogP) is 3.44. The summed E-state index contributed by atoms with van der Waals surface area (Å²) in [6, 6.07) is 4.27. The minimum Gasteiger partial charge on any atom is -0.504 e. The second kappa shape index (κ2) is 7.33. The maximum atomic E-state index is 12.9. The molecule has 0 amide bonds. The Kier molecular flexibility index (Phi) is 5.47. The average Bonchev–Trinajstić information content (AvgIpc) is 2.87. The number of methoxy groups -OCH3 is 1. The van der Waals surface area contributed by atoms with Gasteiger partial charge in [-0.3, -0.25) is 0 Å². The second-order valence-corrected chi connectivity index (χ2v) is 9.35. The molecule has 5 atom stereocenters. The zero-order valence-electron chi connectivity index (χ0n) is 17.8. The van der Waals surface area contributed by atoms with Crippen LogP contribution in [0.3, 0.4) is 0 Å². The van der Waals surface area contributed by atoms with Gasteiger partial charge in [-0.15, -0.1) is 0 Å². The molecule has 160 valence electrons. The molecular weight excluding hydrogens is 372 g/mol. The van der Waals surface area contributed by atoms with Crippen molar-refractivity contribution in [3.05, 3.63) is 35.9 Å². The van der Waals surface area contributed by atoms with Gasteiger partial charge in [0.1, 0.15) is 6.10 Å². The Hall–Kier alpha value is -2.05. The molecule has 29 heavy (non-hydrogen) atoms. The van der Waals surface area contributed by atoms with Crippen molar-refractivity contribution in [2.24, 2.45) is 17.3 Å². The number of phenolic OH excluding ortho intramolecular Hbond substituents is 1. The number of phenols is 1. The van der Waals surface area contributed by atoms with Crippen LogP contribution in [0, 0.1) is 17.3 Å². The van der Waals surface area contributed by atoms with Gasteiger partial charge in [-0.1, -0.05) is 32.9 Å². The Morgan fingerprint density at radius 2 is 1.86 bits per heavy atom. The first-order valence-electron chi connectivity index (χ1n) is 10.1. The summed E-state index contributed by atoms with van der Waals surface area (Å²) in [7, 11) is 1.41. The third-order valence-corrected chi connectivity index (χ3v) is 6.80. The molecule has 3 N–H and O–H groups in total. The van der Waals surface area contributed by atoms with Crippen molar-refractivity contribution in [1.29, 1.82) is 0 Å². The summed E-state index contributed by atoms with van der Waals surface area (Å²) in [4.78, 5) is 12.9. The molecule has 1 aromatic rings. The molecule has 0 spiro atoms. The zero-order chi connectivity index (χ0) is 21.6. The van der Waals surface area contributed by atoms with Crippen LogP contribution in [0.5, 0.6) is 11.5 Å². The number of fused-ring (bicyclic) bond motifs is 1. The fourth-order valence-electron chi connectivity index (χ4n) is 5.02. The van der Waals surface area contributed by atoms with E-state index in [4.69, 9.17) is 9.47 Å². The number of allylic oxidation sites excluding steroid dienone is 1. The number of hydrogen-bond donors (Lipinski definition) is 3. The van der Waals surface area contributed by atoms with E-state index >= 15 is 0 Å². The molecular formula is C23H32O6. The van der Waals surface area contributed by atoms with Crippen LogP contribution in [0.25, 0.3) is 0 Å². The summed E-state index contributed by atoms with van der Waals surface area (Å²) in [6.07, 6.45) is 4.63. The Labute approximate surface area is 172 Å². The summed E-state index contributed by atoms with van der Waals surface area (Å²) >= 11 is 0. The van der Waals surface area contributed by atoms with E-state index < -0.39 is 28.7 Å². The monoisotopic (exact) mass is 404 g/mol. The maximum absolute atomic E-state index is 12.9. The van der Waals surface area contributed by atoms with Gasteiger partial charge in [0.15, 0.2) is 11.5 Å². The van der Waals surface area contributed by atoms with Gasteiger partial charge < -0.3 is 24.8 Å². The van der Waals surface area contributed by atoms with Gasteiger partial charge in [0.25, 0.3) is 0 Å². The molecule has 0 unspecified atom stereocenters. The third-order valence-electron chi connectivity index (χ3n) is 6.80. The molecule has 0 aromatic heterocycles. The Balaban J connectivity index is 1.97. The second-order valence-electron chi connectivity index (χ2n) is 9.35. The molecule has 6 nitrogen and oxygen atoms in total. The summed E-state index contributed by atoms with van der Waals surface area (Å²) < 4.78 is 11.0. The number of hydrogen-bond acceptors (Lipinski definition) is 6. The normalized spacial score (nSPS) is 36.6. The minimum atomic E-state index is -1.15. The number of rotatable bonds is 4. The fraction of sp³-hybridized carbons (Fsp3) is 0.609. The number of ether oxygens (including phenoxy) is 2. The molecule has 3 rings (SSSR count). The molecule has 0 saturated heterocycles. The standard InChI is InChI=1S/C23H32O6/c1-14(2)23(27)11-9-21(3)8-10-22(4,26)13-18(19(21)23)29-20(25)15-6-7-16(24)17(12-15)28-5/h6-8,10,12,14,18-19,24,26-27H,9,11,13H2,1-5H3/t18-,19+,21-,22-,23+/m0/s1. The van der Waals surface area contributed by atoms with E-state index in [2.05, 4.69) is 6.92 Å². The summed E-state index contributed by atoms with van der Waals surface area (Å²) in [5, 5.41) is 32.1. The Morgan fingerprint density at radius 3 is 2.48 bits per heavy atom. The lowest BCUT2D eigenvalue weighted by Gasteiger charge is -2.43. The lowest BCUT2D eigenvalue weighted by Crippen LogP contribution is -2.51. The lowest BCUT2D eigenvalue weighted by molar-refractivity contribution is -0.116. The fourth-order valence-corrected chi connectivity index (χ4v) is 5.02. The van der Waals surface area contributed by atoms with Crippen LogP contribution < -0.4 is 4.74 Å². The SMILES string of the molecule is COc1cc(C(=O)O[C@H]2C[C@@](C)(O)C=C[C@@]3(C)CC[C@@](O)(C(C)C)[C@H]23)ccc1O. The van der Waals surface area contributed by atoms with E-state index in [1.54, 1.807) is 13.0 Å². The van der Waals surface area contributed by atoms with Crippen molar-refractivity contribution in [1.82, 2.24) is 0 Å². The first-order chi connectivity index (χ1) is 13.4. The highest BCUT2D eigenvalue weighted by Crippen LogP contribution is 2.57. The summed E-state index contributed by atoms with van der Waals surface area (Å²) in [5.41, 5.74) is -2.30. The summed E-state index contributed by atoms with van der Waals surface area (Å²) in [6.45, 7) is 7.69. The molecule has 6 heteroatoms. The van der Waals surface area contributed by atoms with Crippen LogP contribution in [-0.2, 0) is 4.74 Å². The highest BCUT2D eigenvalue weighted by Gasteiger charge is 2.60. The number of carbonyl (C=O) groups excluding carboxylic acids is 1. The van der Waals surface area contributed by atoms with Crippen LogP contribution >= 0.6 is 0 Å². The predicted molar refractivity (Wildman–Crippen MR) is 109 cm³/mol. The van der Waals surface area contributed by atoms with Crippen LogP contribution in [-0.4, -0.2) is 45.7 Å². The molecule has 0 radical (unpaired) electrons. The highest BCUT2D eigenvalue weighted by atomic mass is 16.5. The number of aliphatic hydroxyl groups is 2. The van der Waals surface area contributed by atoms with Crippen LogP contribution in [0.2, 0.25) is 0 Å². The van der Waals surface area contributed by atoms with E-state index in [0.29, 0.717) is 6.42 Å². The summed E-state index contributed by atoms with van der Waals surface area (Å²) in [5.74, 6) is -0.836. The van der Waals surface area contributed by atoms with Gasteiger partial charge in [-0.25, -0.2) is 4.79 Å². The molecule has 2 aliphatic carbocycles. The molecule has 2 aliphatic rings. The largest absolute Gasteiger partial charge is 0.504 e. The van der Waals surface area contributed by atoms with Crippen molar-refractivity contribution in [3.63, 3.8) is 0 Å². The van der Waals surface area contributed by atoms with Crippen molar-refractivity contribution in [2.75, 3.05) is 7.11 Å². The van der Waals surface area contributed by atoms with Crippen molar-refractivity contribution in [3.8, 4) is 11.5 Å². The van der Waals surface area contributed by atoms with E-state index in [9.17, 15) is 20.1 Å². The van der Waals surface area contributed by atoms with Gasteiger partial charge in [0, 0.05) is 12.3 Å². The van der Waals surface area contributed by atoms with E-state index in [-0.39, 0.29) is 35.3 Å². The van der Waals surface area contributed by atoms with Crippen molar-refractivity contribution >= 4 is 5.97 Å². The zero-order valence-corrected chi connectivity index (χ0v) is 17.8. The molecule has 1 saturated carbocycles. The number of esters is 1. The van der Waals surface area contributed by atoms with Gasteiger partial charge in [0.2, 0.25) is 0 Å². The molecule has 0 aliphatic heterocycles. The van der Waals surface area contributed by atoms with Gasteiger partial charge in [0.05, 0.1) is 23.9 Å². The van der Waals surface area contributed by atoms with E-state index in [1.807, 2.05) is 19.9 Å². The van der Waals surface area contributed by atoms with Crippen LogP contribution in [0.4, 0.5) is 0 Å². The topological polar surface area (TPSA) is 96.2 Å². The first-order valence-corrected chi connectivity index (χ1v) is 10.1. The molecule has 0 bridgehead atoms. The number of carbonyl (C=O) groups is 1. The van der Waals surface area contributed by atoms with E-state index in [1.165, 1.54) is 25.3 Å². The Bertz CT molecular complexity index is 814. The molecule has 1 fully saturated rings. The van der Waals surface area contributed by atoms with Crippen LogP contribution in [0.1, 0.15) is 57.3 Å². The van der Waals surface area contributed by atoms with Crippen LogP contribution in [0.15, 0.2) is 30.4 Å². The van der Waals surface area contributed by atoms with Crippen molar-refractivity contribution in [2.45, 2.75) is 64.3 Å². The molecule has 0 heterocycles. The van der Waals surface area contributed by atoms with E-state index in [0.717, 1.165) is 6.42 Å². The lowest BCUT2D eigenvalue weighted by atomic mass is 9.68. The average molecular weight is 405 g/mol. The third kappa shape index (κ3) is 3.88. The smallest absolute Gasteiger partial charge is 0.338 e. The quantitative estimate of drug-likeness (QED) is 0.525. The van der Waals surface area contributed by atoms with Crippen molar-refractivity contribution < 1.29 is 29.6 Å². The Morgan fingerprint density at radius 1 is 1.17 bits per heavy atom. The maximum Gasteiger partial charge on any atom is 0.338 e. The van der Waals surface area contributed by atoms with Gasteiger partial charge in [-0.2, -0.15) is 0 Å². The number of benzene rings is 1. The number of aromatic hydroxyl groups is 1.